The number of rotatable bonds is 7. The molecular weight excluding hydrogens is 338 g/mol. The zero-order valence-electron chi connectivity index (χ0n) is 16.7. The highest BCUT2D eigenvalue weighted by atomic mass is 16.6. The summed E-state index contributed by atoms with van der Waals surface area (Å²) in [5.74, 6) is -2.12. The first kappa shape index (κ1) is 22.4. The van der Waals surface area contributed by atoms with Crippen LogP contribution in [0.2, 0.25) is 0 Å². The Labute approximate surface area is 155 Å². The Bertz CT molecular complexity index is 533. The number of carbonyl (C=O) groups excluding carboxylic acids is 2. The van der Waals surface area contributed by atoms with Gasteiger partial charge in [-0.05, 0) is 47.0 Å². The maximum Gasteiger partial charge on any atom is 0.335 e. The molecule has 0 heterocycles. The monoisotopic (exact) mass is 371 g/mol. The molecule has 0 saturated heterocycles. The molecule has 1 rings (SSSR count). The topological polar surface area (TPSA) is 108 Å². The number of carbonyl (C=O) groups is 2. The van der Waals surface area contributed by atoms with Gasteiger partial charge in [-0.1, -0.05) is 13.8 Å². The predicted octanol–water partition coefficient (Wildman–Crippen LogP) is 2.06. The summed E-state index contributed by atoms with van der Waals surface area (Å²) in [6, 6.07) is 0. The highest BCUT2D eigenvalue weighted by Gasteiger charge is 2.45. The van der Waals surface area contributed by atoms with E-state index >= 15 is 0 Å². The molecule has 7 nitrogen and oxygen atoms in total. The van der Waals surface area contributed by atoms with E-state index in [2.05, 4.69) is 0 Å². The first-order valence-corrected chi connectivity index (χ1v) is 9.27. The largest absolute Gasteiger partial charge is 0.463 e. The Morgan fingerprint density at radius 3 is 2.27 bits per heavy atom. The van der Waals surface area contributed by atoms with Gasteiger partial charge in [-0.15, -0.1) is 0 Å². The fraction of sp³-hybridized carbons (Fsp3) is 0.789. The molecular formula is C19H33NO6. The van der Waals surface area contributed by atoms with E-state index in [4.69, 9.17) is 19.9 Å². The molecule has 0 radical (unpaired) electrons. The second kappa shape index (κ2) is 9.37. The first-order valence-electron chi connectivity index (χ1n) is 9.27. The average molecular weight is 371 g/mol. The van der Waals surface area contributed by atoms with Crippen molar-refractivity contribution in [3.63, 3.8) is 0 Å². The molecule has 0 aliphatic heterocycles. The van der Waals surface area contributed by atoms with Crippen molar-refractivity contribution in [3.05, 3.63) is 11.3 Å². The third-order valence-corrected chi connectivity index (χ3v) is 4.28. The van der Waals surface area contributed by atoms with Crippen LogP contribution in [0.5, 0.6) is 0 Å². The van der Waals surface area contributed by atoms with Crippen LogP contribution >= 0.6 is 0 Å². The fourth-order valence-corrected chi connectivity index (χ4v) is 2.89. The van der Waals surface area contributed by atoms with E-state index in [1.165, 1.54) is 0 Å². The number of aliphatic hydroxyl groups excluding tert-OH is 1. The van der Waals surface area contributed by atoms with Crippen molar-refractivity contribution in [1.29, 1.82) is 0 Å². The number of nitrogens with two attached hydrogens (primary N) is 1. The Morgan fingerprint density at radius 1 is 1.23 bits per heavy atom. The SMILES string of the molecule is CCOC(=O)C1=C(N)[C@@H](OC(CC)CC)[C@@H](O)[C@@H](C(=O)OC(C)(C)C)C1. The summed E-state index contributed by atoms with van der Waals surface area (Å²) in [7, 11) is 0. The van der Waals surface area contributed by atoms with Gasteiger partial charge in [0.15, 0.2) is 0 Å². The van der Waals surface area contributed by atoms with Crippen LogP contribution in [-0.2, 0) is 23.8 Å². The van der Waals surface area contributed by atoms with Crippen LogP contribution in [0.25, 0.3) is 0 Å². The lowest BCUT2D eigenvalue weighted by Crippen LogP contribution is -2.50. The molecule has 1 aliphatic carbocycles. The predicted molar refractivity (Wildman–Crippen MR) is 97.0 cm³/mol. The minimum atomic E-state index is -1.19. The van der Waals surface area contributed by atoms with E-state index < -0.39 is 35.7 Å². The maximum atomic E-state index is 12.6. The summed E-state index contributed by atoms with van der Waals surface area (Å²) in [5, 5.41) is 10.7. The molecule has 0 saturated carbocycles. The molecule has 0 aromatic heterocycles. The summed E-state index contributed by atoms with van der Waals surface area (Å²) in [6.07, 6.45) is -0.885. The van der Waals surface area contributed by atoms with Crippen LogP contribution in [0, 0.1) is 5.92 Å². The van der Waals surface area contributed by atoms with E-state index in [0.717, 1.165) is 12.8 Å². The minimum absolute atomic E-state index is 0.0382. The number of aliphatic hydroxyl groups is 1. The number of esters is 2. The maximum absolute atomic E-state index is 12.6. The van der Waals surface area contributed by atoms with Crippen molar-refractivity contribution >= 4 is 11.9 Å². The second-order valence-corrected chi connectivity index (χ2v) is 7.48. The van der Waals surface area contributed by atoms with Crippen LogP contribution in [0.1, 0.15) is 60.8 Å². The van der Waals surface area contributed by atoms with Crippen LogP contribution < -0.4 is 5.73 Å². The number of hydrogen-bond donors (Lipinski definition) is 2. The van der Waals surface area contributed by atoms with E-state index in [1.54, 1.807) is 27.7 Å². The normalized spacial score (nSPS) is 23.9. The third kappa shape index (κ3) is 5.71. The summed E-state index contributed by atoms with van der Waals surface area (Å²) >= 11 is 0. The van der Waals surface area contributed by atoms with Gasteiger partial charge in [0, 0.05) is 0 Å². The average Bonchev–Trinajstić information content (AvgIpc) is 2.53. The van der Waals surface area contributed by atoms with E-state index in [1.807, 2.05) is 13.8 Å². The van der Waals surface area contributed by atoms with Crippen molar-refractivity contribution in [1.82, 2.24) is 0 Å². The van der Waals surface area contributed by atoms with E-state index in [0.29, 0.717) is 0 Å². The number of hydrogen-bond acceptors (Lipinski definition) is 7. The van der Waals surface area contributed by atoms with Gasteiger partial charge in [-0.3, -0.25) is 4.79 Å². The molecule has 0 fully saturated rings. The fourth-order valence-electron chi connectivity index (χ4n) is 2.89. The lowest BCUT2D eigenvalue weighted by molar-refractivity contribution is -0.170. The van der Waals surface area contributed by atoms with Crippen LogP contribution in [0.15, 0.2) is 11.3 Å². The van der Waals surface area contributed by atoms with Gasteiger partial charge in [-0.2, -0.15) is 0 Å². The summed E-state index contributed by atoms with van der Waals surface area (Å²) in [4.78, 5) is 24.9. The first-order chi connectivity index (χ1) is 12.1. The molecule has 1 aliphatic rings. The smallest absolute Gasteiger partial charge is 0.335 e. The Morgan fingerprint density at radius 2 is 1.81 bits per heavy atom. The van der Waals surface area contributed by atoms with Crippen molar-refractivity contribution in [2.45, 2.75) is 84.7 Å². The Hall–Kier alpha value is -1.60. The van der Waals surface area contributed by atoms with Crippen molar-refractivity contribution in [2.75, 3.05) is 6.61 Å². The molecule has 150 valence electrons. The van der Waals surface area contributed by atoms with Crippen LogP contribution in [0.4, 0.5) is 0 Å². The molecule has 0 aromatic rings. The van der Waals surface area contributed by atoms with E-state index in [-0.39, 0.29) is 30.4 Å². The second-order valence-electron chi connectivity index (χ2n) is 7.48. The van der Waals surface area contributed by atoms with Crippen LogP contribution in [-0.4, -0.2) is 47.6 Å². The lowest BCUT2D eigenvalue weighted by atomic mass is 9.82. The highest BCUT2D eigenvalue weighted by Crippen LogP contribution is 2.33. The standard InChI is InChI=1S/C19H33NO6/c1-7-11(8-2)25-16-14(20)12(17(22)24-9-3)10-13(15(16)21)18(23)26-19(4,5)6/h11,13,15-16,21H,7-10,20H2,1-6H3/t13-,15-,16+/m0/s1. The molecule has 26 heavy (non-hydrogen) atoms. The molecule has 0 bridgehead atoms. The van der Waals surface area contributed by atoms with Crippen molar-refractivity contribution < 1.29 is 28.9 Å². The highest BCUT2D eigenvalue weighted by molar-refractivity contribution is 5.91. The molecule has 3 atom stereocenters. The van der Waals surface area contributed by atoms with E-state index in [9.17, 15) is 14.7 Å². The van der Waals surface area contributed by atoms with Gasteiger partial charge in [0.25, 0.3) is 0 Å². The zero-order valence-corrected chi connectivity index (χ0v) is 16.7. The lowest BCUT2D eigenvalue weighted by Gasteiger charge is -2.37. The minimum Gasteiger partial charge on any atom is -0.463 e. The molecule has 0 unspecified atom stereocenters. The quantitative estimate of drug-likeness (QED) is 0.659. The summed E-state index contributed by atoms with van der Waals surface area (Å²) in [5.41, 5.74) is 5.72. The Balaban J connectivity index is 3.20. The van der Waals surface area contributed by atoms with Crippen molar-refractivity contribution in [2.24, 2.45) is 11.7 Å². The van der Waals surface area contributed by atoms with Gasteiger partial charge in [0.2, 0.25) is 0 Å². The molecule has 0 spiro atoms. The van der Waals surface area contributed by atoms with Crippen molar-refractivity contribution in [3.8, 4) is 0 Å². The van der Waals surface area contributed by atoms with Gasteiger partial charge in [0.05, 0.1) is 36.0 Å². The number of ether oxygens (including phenoxy) is 3. The van der Waals surface area contributed by atoms with Gasteiger partial charge < -0.3 is 25.1 Å². The third-order valence-electron chi connectivity index (χ3n) is 4.28. The van der Waals surface area contributed by atoms with Gasteiger partial charge in [0.1, 0.15) is 11.7 Å². The van der Waals surface area contributed by atoms with Crippen LogP contribution in [0.3, 0.4) is 0 Å². The molecule has 3 N–H and O–H groups in total. The zero-order chi connectivity index (χ0) is 20.1. The molecule has 7 heteroatoms. The summed E-state index contributed by atoms with van der Waals surface area (Å²) < 4.78 is 16.4. The molecule has 0 aromatic carbocycles. The summed E-state index contributed by atoms with van der Waals surface area (Å²) in [6.45, 7) is 11.0. The molecule has 0 amide bonds. The van der Waals surface area contributed by atoms with Gasteiger partial charge in [-0.25, -0.2) is 4.79 Å². The van der Waals surface area contributed by atoms with Gasteiger partial charge >= 0.3 is 11.9 Å². The Kier molecular flexibility index (Phi) is 8.09.